The monoisotopic (exact) mass is 389 g/mol. The maximum Gasteiger partial charge on any atom is 0.264 e. The van der Waals surface area contributed by atoms with Crippen molar-refractivity contribution in [2.24, 2.45) is 0 Å². The number of carbonyl (C=O) groups is 1. The number of hydrogen-bond acceptors (Lipinski definition) is 3. The van der Waals surface area contributed by atoms with E-state index in [0.29, 0.717) is 0 Å². The molecule has 0 atom stereocenters. The van der Waals surface area contributed by atoms with Gasteiger partial charge in [-0.25, -0.2) is 0 Å². The molecule has 0 aliphatic rings. The Morgan fingerprint density at radius 2 is 1.35 bits per heavy atom. The van der Waals surface area contributed by atoms with E-state index in [4.69, 9.17) is 4.55 Å². The van der Waals surface area contributed by atoms with E-state index in [1.165, 1.54) is 76.7 Å². The predicted molar refractivity (Wildman–Crippen MR) is 109 cm³/mol. The van der Waals surface area contributed by atoms with Crippen molar-refractivity contribution in [3.05, 3.63) is 12.2 Å². The second kappa shape index (κ2) is 17.5. The highest BCUT2D eigenvalue weighted by Crippen LogP contribution is 2.12. The molecule has 2 N–H and O–H groups in total. The lowest BCUT2D eigenvalue weighted by Crippen LogP contribution is -2.23. The maximum absolute atomic E-state index is 11.5. The first-order chi connectivity index (χ1) is 12.5. The topological polar surface area (TPSA) is 83.5 Å². The number of allylic oxidation sites excluding steroid dienone is 1. The van der Waals surface area contributed by atoms with Crippen molar-refractivity contribution in [3.8, 4) is 0 Å². The van der Waals surface area contributed by atoms with Crippen molar-refractivity contribution in [2.75, 3.05) is 12.3 Å². The Hall–Kier alpha value is -0.880. The summed E-state index contributed by atoms with van der Waals surface area (Å²) in [5.74, 6) is -0.533. The van der Waals surface area contributed by atoms with Crippen LogP contribution in [0.1, 0.15) is 96.8 Å². The average Bonchev–Trinajstić information content (AvgIpc) is 2.58. The minimum absolute atomic E-state index is 0.209. The molecule has 0 radical (unpaired) electrons. The van der Waals surface area contributed by atoms with Gasteiger partial charge in [0.1, 0.15) is 0 Å². The molecule has 0 heterocycles. The van der Waals surface area contributed by atoms with Crippen molar-refractivity contribution in [1.29, 1.82) is 0 Å². The average molecular weight is 390 g/mol. The first kappa shape index (κ1) is 25.1. The summed E-state index contributed by atoms with van der Waals surface area (Å²) < 4.78 is 29.6. The summed E-state index contributed by atoms with van der Waals surface area (Å²) in [6.07, 6.45) is 20.3. The molecule has 1 amide bonds. The zero-order valence-corrected chi connectivity index (χ0v) is 17.4. The first-order valence-corrected chi connectivity index (χ1v) is 12.0. The molecule has 0 aliphatic heterocycles. The zero-order chi connectivity index (χ0) is 19.5. The highest BCUT2D eigenvalue weighted by molar-refractivity contribution is 7.85. The Labute approximate surface area is 160 Å². The summed E-state index contributed by atoms with van der Waals surface area (Å²) in [5.41, 5.74) is 0. The Bertz CT molecular complexity index is 460. The Balaban J connectivity index is 3.31. The van der Waals surface area contributed by atoms with E-state index < -0.39 is 10.1 Å². The third-order valence-corrected chi connectivity index (χ3v) is 5.18. The molecule has 0 saturated carbocycles. The van der Waals surface area contributed by atoms with Crippen LogP contribution in [0, 0.1) is 0 Å². The molecule has 6 heteroatoms. The van der Waals surface area contributed by atoms with Crippen molar-refractivity contribution < 1.29 is 17.8 Å². The van der Waals surface area contributed by atoms with E-state index in [-0.39, 0.29) is 24.6 Å². The van der Waals surface area contributed by atoms with Gasteiger partial charge in [-0.3, -0.25) is 9.35 Å². The van der Waals surface area contributed by atoms with E-state index in [1.807, 2.05) is 6.08 Å². The van der Waals surface area contributed by atoms with Gasteiger partial charge in [-0.05, 0) is 25.3 Å². The smallest absolute Gasteiger partial charge is 0.264 e. The molecule has 0 saturated heterocycles. The van der Waals surface area contributed by atoms with Crippen LogP contribution < -0.4 is 5.32 Å². The quantitative estimate of drug-likeness (QED) is 0.196. The highest BCUT2D eigenvalue weighted by atomic mass is 32.2. The van der Waals surface area contributed by atoms with E-state index in [1.54, 1.807) is 0 Å². The van der Waals surface area contributed by atoms with E-state index >= 15 is 0 Å². The Morgan fingerprint density at radius 3 is 1.85 bits per heavy atom. The van der Waals surface area contributed by atoms with Crippen LogP contribution in [0.25, 0.3) is 0 Å². The van der Waals surface area contributed by atoms with Crippen LogP contribution in [0.15, 0.2) is 12.2 Å². The third-order valence-electron chi connectivity index (χ3n) is 4.37. The molecule has 154 valence electrons. The molecule has 5 nitrogen and oxygen atoms in total. The molecule has 0 fully saturated rings. The summed E-state index contributed by atoms with van der Waals surface area (Å²) in [7, 11) is -3.93. The lowest BCUT2D eigenvalue weighted by Gasteiger charge is -2.02. The summed E-state index contributed by atoms with van der Waals surface area (Å²) in [6.45, 7) is 2.50. The molecule has 0 aliphatic carbocycles. The normalized spacial score (nSPS) is 11.9. The van der Waals surface area contributed by atoms with Crippen molar-refractivity contribution >= 4 is 16.0 Å². The SMILES string of the molecule is CCCCCCCCCCCCCC/C=C/C(=O)NCCCS(=O)(=O)O. The van der Waals surface area contributed by atoms with Gasteiger partial charge < -0.3 is 5.32 Å². The third kappa shape index (κ3) is 21.2. The van der Waals surface area contributed by atoms with Gasteiger partial charge in [-0.15, -0.1) is 0 Å². The van der Waals surface area contributed by atoms with Crippen molar-refractivity contribution in [3.63, 3.8) is 0 Å². The summed E-state index contributed by atoms with van der Waals surface area (Å²) in [4.78, 5) is 11.5. The summed E-state index contributed by atoms with van der Waals surface area (Å²) in [5, 5.41) is 2.60. The summed E-state index contributed by atoms with van der Waals surface area (Å²) >= 11 is 0. The minimum Gasteiger partial charge on any atom is -0.353 e. The highest BCUT2D eigenvalue weighted by Gasteiger charge is 2.03. The zero-order valence-electron chi connectivity index (χ0n) is 16.5. The van der Waals surface area contributed by atoms with E-state index in [0.717, 1.165) is 12.8 Å². The fourth-order valence-electron chi connectivity index (χ4n) is 2.82. The van der Waals surface area contributed by atoms with Crippen molar-refractivity contribution in [2.45, 2.75) is 96.8 Å². The van der Waals surface area contributed by atoms with Gasteiger partial charge in [0.2, 0.25) is 5.91 Å². The molecular weight excluding hydrogens is 350 g/mol. The molecule has 0 spiro atoms. The minimum atomic E-state index is -3.93. The number of carbonyl (C=O) groups excluding carboxylic acids is 1. The number of rotatable bonds is 18. The van der Waals surface area contributed by atoms with Crippen LogP contribution in [0.4, 0.5) is 0 Å². The van der Waals surface area contributed by atoms with Crippen LogP contribution in [-0.2, 0) is 14.9 Å². The number of nitrogens with one attached hydrogen (secondary N) is 1. The standard InChI is InChI=1S/C20H39NO4S/c1-2-3-4-5-6-7-8-9-10-11-12-13-14-15-17-20(22)21-18-16-19-26(23,24)25/h15,17H,2-14,16,18-19H2,1H3,(H,21,22)(H,23,24,25)/b17-15+. The second-order valence-corrected chi connectivity index (χ2v) is 8.58. The van der Waals surface area contributed by atoms with Crippen LogP contribution in [0.2, 0.25) is 0 Å². The molecule has 0 aromatic heterocycles. The van der Waals surface area contributed by atoms with E-state index in [2.05, 4.69) is 12.2 Å². The van der Waals surface area contributed by atoms with Gasteiger partial charge >= 0.3 is 0 Å². The molecular formula is C20H39NO4S. The molecule has 0 rings (SSSR count). The molecule has 0 aromatic carbocycles. The molecule has 26 heavy (non-hydrogen) atoms. The second-order valence-electron chi connectivity index (χ2n) is 7.01. The predicted octanol–water partition coefficient (Wildman–Crippen LogP) is 5.03. The lowest BCUT2D eigenvalue weighted by molar-refractivity contribution is -0.116. The maximum atomic E-state index is 11.5. The summed E-state index contributed by atoms with van der Waals surface area (Å²) in [6, 6.07) is 0. The van der Waals surface area contributed by atoms with Gasteiger partial charge in [0.25, 0.3) is 10.1 Å². The Kier molecular flexibility index (Phi) is 16.9. The number of unbranched alkanes of at least 4 members (excludes halogenated alkanes) is 12. The Morgan fingerprint density at radius 1 is 0.846 bits per heavy atom. The van der Waals surface area contributed by atoms with Gasteiger partial charge in [-0.2, -0.15) is 8.42 Å². The van der Waals surface area contributed by atoms with Crippen LogP contribution in [0.5, 0.6) is 0 Å². The van der Waals surface area contributed by atoms with Crippen molar-refractivity contribution in [1.82, 2.24) is 5.32 Å². The van der Waals surface area contributed by atoms with Gasteiger partial charge in [0.15, 0.2) is 0 Å². The largest absolute Gasteiger partial charge is 0.353 e. The lowest BCUT2D eigenvalue weighted by atomic mass is 10.0. The van der Waals surface area contributed by atoms with Gasteiger partial charge in [-0.1, -0.05) is 83.6 Å². The fraction of sp³-hybridized carbons (Fsp3) is 0.850. The molecule has 0 unspecified atom stereocenters. The number of amides is 1. The van der Waals surface area contributed by atoms with Gasteiger partial charge in [0.05, 0.1) is 5.75 Å². The van der Waals surface area contributed by atoms with Gasteiger partial charge in [0, 0.05) is 6.54 Å². The number of hydrogen-bond donors (Lipinski definition) is 2. The molecule has 0 bridgehead atoms. The van der Waals surface area contributed by atoms with Crippen LogP contribution in [-0.4, -0.2) is 31.2 Å². The van der Waals surface area contributed by atoms with Crippen LogP contribution in [0.3, 0.4) is 0 Å². The van der Waals surface area contributed by atoms with Crippen LogP contribution >= 0.6 is 0 Å². The fourth-order valence-corrected chi connectivity index (χ4v) is 3.33. The first-order valence-electron chi connectivity index (χ1n) is 10.3. The van der Waals surface area contributed by atoms with E-state index in [9.17, 15) is 13.2 Å². The molecule has 0 aromatic rings.